The van der Waals surface area contributed by atoms with Gasteiger partial charge in [0.05, 0.1) is 22.8 Å². The molecule has 0 heterocycles. The predicted octanol–water partition coefficient (Wildman–Crippen LogP) is 11.5. The van der Waals surface area contributed by atoms with Crippen molar-refractivity contribution in [2.75, 3.05) is 0 Å². The number of hydrogen-bond donors (Lipinski definition) is 0. The summed E-state index contributed by atoms with van der Waals surface area (Å²) in [7, 11) is 0. The van der Waals surface area contributed by atoms with Gasteiger partial charge >= 0.3 is 0 Å². The molecule has 0 aromatic heterocycles. The molecule has 0 fully saturated rings. The summed E-state index contributed by atoms with van der Waals surface area (Å²) in [5.41, 5.74) is 10.5. The zero-order chi connectivity index (χ0) is 27.6. The minimum absolute atomic E-state index is 0. The van der Waals surface area contributed by atoms with E-state index in [0.717, 1.165) is 56.3 Å². The van der Waals surface area contributed by atoms with Crippen LogP contribution in [-0.2, 0) is 42.2 Å². The molecule has 2 rings (SSSR count). The van der Waals surface area contributed by atoms with E-state index < -0.39 is 0 Å². The number of aryl methyl sites for hydroxylation is 4. The van der Waals surface area contributed by atoms with Gasteiger partial charge in [0.25, 0.3) is 0 Å². The largest absolute Gasteiger partial charge is 0.252 e. The Morgan fingerprint density at radius 2 is 0.872 bits per heavy atom. The van der Waals surface area contributed by atoms with Crippen LogP contribution in [0.15, 0.2) is 46.4 Å². The van der Waals surface area contributed by atoms with Gasteiger partial charge in [-0.25, -0.2) is 0 Å². The van der Waals surface area contributed by atoms with Crippen LogP contribution in [0, 0.1) is 0 Å². The number of aliphatic imine (C=N–C) groups is 2. The molecule has 0 amide bonds. The predicted molar refractivity (Wildman–Crippen MR) is 171 cm³/mol. The van der Waals surface area contributed by atoms with Gasteiger partial charge in [-0.1, -0.05) is 105 Å². The molecule has 220 valence electrons. The van der Waals surface area contributed by atoms with Crippen LogP contribution < -0.4 is 0 Å². The summed E-state index contributed by atoms with van der Waals surface area (Å²) in [6.45, 7) is 13.7. The summed E-state index contributed by atoms with van der Waals surface area (Å²) in [5, 5.41) is 0. The van der Waals surface area contributed by atoms with Gasteiger partial charge in [-0.3, -0.25) is 9.98 Å². The second-order valence-corrected chi connectivity index (χ2v) is 10.9. The van der Waals surface area contributed by atoms with Gasteiger partial charge in [0.2, 0.25) is 0 Å². The van der Waals surface area contributed by atoms with Crippen molar-refractivity contribution in [2.45, 2.75) is 144 Å². The van der Waals surface area contributed by atoms with E-state index in [1.165, 1.54) is 91.5 Å². The van der Waals surface area contributed by atoms with Gasteiger partial charge in [0.1, 0.15) is 0 Å². The van der Waals surface area contributed by atoms with Crippen LogP contribution in [0.25, 0.3) is 0 Å². The topological polar surface area (TPSA) is 24.7 Å². The van der Waals surface area contributed by atoms with Crippen LogP contribution in [0.3, 0.4) is 0 Å². The van der Waals surface area contributed by atoms with Crippen molar-refractivity contribution in [1.29, 1.82) is 0 Å². The molecule has 39 heavy (non-hydrogen) atoms. The van der Waals surface area contributed by atoms with Crippen LogP contribution in [0.4, 0.5) is 11.4 Å². The fourth-order valence-electron chi connectivity index (χ4n) is 5.30. The van der Waals surface area contributed by atoms with E-state index in [0.29, 0.717) is 0 Å². The molecule has 0 N–H and O–H groups in total. The fraction of sp³-hybridized carbons (Fsp3) is 0.611. The fourth-order valence-corrected chi connectivity index (χ4v) is 5.30. The summed E-state index contributed by atoms with van der Waals surface area (Å²) in [4.78, 5) is 10.7. The van der Waals surface area contributed by atoms with E-state index in [1.54, 1.807) is 0 Å². The molecule has 0 bridgehead atoms. The zero-order valence-electron chi connectivity index (χ0n) is 26.0. The Hall–Kier alpha value is -1.73. The van der Waals surface area contributed by atoms with Crippen molar-refractivity contribution in [3.8, 4) is 0 Å². The maximum atomic E-state index is 5.34. The van der Waals surface area contributed by atoms with E-state index in [9.17, 15) is 0 Å². The Kier molecular flexibility index (Phi) is 19.1. The maximum absolute atomic E-state index is 5.34. The minimum Gasteiger partial charge on any atom is -0.252 e. The maximum Gasteiger partial charge on any atom is 0.0636 e. The molecule has 0 aliphatic carbocycles. The Morgan fingerprint density at radius 3 is 1.28 bits per heavy atom. The number of unbranched alkanes of at least 4 members (excludes halogenated alkanes) is 4. The van der Waals surface area contributed by atoms with Crippen molar-refractivity contribution in [1.82, 2.24) is 0 Å². The van der Waals surface area contributed by atoms with Gasteiger partial charge < -0.3 is 0 Å². The SMILES string of the molecule is CCCCCCC(=Nc1ccc(CCC)c(CCC)c1)C(CCCC)=Nc1ccc(CCC)c(CCC)c1.[Ni]. The molecule has 0 saturated carbocycles. The van der Waals surface area contributed by atoms with Crippen LogP contribution in [0.5, 0.6) is 0 Å². The van der Waals surface area contributed by atoms with E-state index in [4.69, 9.17) is 9.98 Å². The van der Waals surface area contributed by atoms with Gasteiger partial charge in [-0.05, 0) is 97.9 Å². The normalized spacial score (nSPS) is 12.1. The smallest absolute Gasteiger partial charge is 0.0636 e. The van der Waals surface area contributed by atoms with E-state index in [-0.39, 0.29) is 16.5 Å². The summed E-state index contributed by atoms with van der Waals surface area (Å²) >= 11 is 0. The summed E-state index contributed by atoms with van der Waals surface area (Å²) < 4.78 is 0. The Labute approximate surface area is 251 Å². The Morgan fingerprint density at radius 1 is 0.462 bits per heavy atom. The molecular formula is C36H56N2Ni. The van der Waals surface area contributed by atoms with Crippen LogP contribution in [-0.4, -0.2) is 11.4 Å². The average Bonchev–Trinajstić information content (AvgIpc) is 2.91. The van der Waals surface area contributed by atoms with Gasteiger partial charge in [0, 0.05) is 16.5 Å². The standard InChI is InChI=1S/C36H56N2.Ni/c1-7-13-15-16-22-36(38-34-26-24-30(18-10-4)32(28-34)20-12-6)35(21-14-8-2)37-33-25-23-29(17-9-3)31(27-33)19-11-5;/h23-28H,7-22H2,1-6H3;. The first-order chi connectivity index (χ1) is 18.6. The van der Waals surface area contributed by atoms with Crippen LogP contribution in [0.1, 0.15) is 141 Å². The Bertz CT molecular complexity index is 1010. The molecule has 0 unspecified atom stereocenters. The molecule has 0 radical (unpaired) electrons. The third-order valence-electron chi connectivity index (χ3n) is 7.35. The summed E-state index contributed by atoms with van der Waals surface area (Å²) in [5.74, 6) is 0. The molecular weight excluding hydrogens is 519 g/mol. The van der Waals surface area contributed by atoms with Gasteiger partial charge in [-0.15, -0.1) is 0 Å². The third-order valence-corrected chi connectivity index (χ3v) is 7.35. The third kappa shape index (κ3) is 12.5. The van der Waals surface area contributed by atoms with Crippen molar-refractivity contribution < 1.29 is 16.5 Å². The number of benzene rings is 2. The van der Waals surface area contributed by atoms with Crippen molar-refractivity contribution in [3.63, 3.8) is 0 Å². The second kappa shape index (κ2) is 21.1. The first-order valence-electron chi connectivity index (χ1n) is 16.0. The quantitative estimate of drug-likeness (QED) is 0.0904. The molecule has 2 aromatic carbocycles. The molecule has 0 aliphatic rings. The molecule has 0 atom stereocenters. The monoisotopic (exact) mass is 574 g/mol. The van der Waals surface area contributed by atoms with Crippen molar-refractivity contribution in [2.24, 2.45) is 9.98 Å². The Balaban J connectivity index is 0.00000760. The summed E-state index contributed by atoms with van der Waals surface area (Å²) in [6, 6.07) is 13.8. The minimum atomic E-state index is 0. The molecule has 0 aliphatic heterocycles. The summed E-state index contributed by atoms with van der Waals surface area (Å²) in [6.07, 6.45) is 18.6. The average molecular weight is 576 g/mol. The van der Waals surface area contributed by atoms with Crippen molar-refractivity contribution in [3.05, 3.63) is 58.7 Å². The van der Waals surface area contributed by atoms with Gasteiger partial charge in [0.15, 0.2) is 0 Å². The van der Waals surface area contributed by atoms with Crippen LogP contribution in [0.2, 0.25) is 0 Å². The zero-order valence-corrected chi connectivity index (χ0v) is 27.0. The van der Waals surface area contributed by atoms with Crippen molar-refractivity contribution >= 4 is 22.8 Å². The number of hydrogen-bond acceptors (Lipinski definition) is 2. The molecule has 2 nitrogen and oxygen atoms in total. The first-order valence-corrected chi connectivity index (χ1v) is 16.0. The molecule has 0 saturated heterocycles. The molecule has 0 spiro atoms. The molecule has 2 aromatic rings. The van der Waals surface area contributed by atoms with E-state index >= 15 is 0 Å². The second-order valence-electron chi connectivity index (χ2n) is 10.9. The number of rotatable bonds is 19. The van der Waals surface area contributed by atoms with Gasteiger partial charge in [-0.2, -0.15) is 0 Å². The van der Waals surface area contributed by atoms with Crippen LogP contribution >= 0.6 is 0 Å². The number of nitrogens with zero attached hydrogens (tertiary/aromatic N) is 2. The van der Waals surface area contributed by atoms with E-state index in [1.807, 2.05) is 0 Å². The molecule has 3 heteroatoms. The first kappa shape index (κ1) is 35.3. The van der Waals surface area contributed by atoms with E-state index in [2.05, 4.69) is 77.9 Å².